The minimum atomic E-state index is 0.0927. The van der Waals surface area contributed by atoms with Gasteiger partial charge < -0.3 is 10.6 Å². The van der Waals surface area contributed by atoms with E-state index < -0.39 is 0 Å². The lowest BCUT2D eigenvalue weighted by atomic mass is 10.0. The van der Waals surface area contributed by atoms with Gasteiger partial charge in [0.05, 0.1) is 6.54 Å². The third-order valence-corrected chi connectivity index (χ3v) is 4.56. The van der Waals surface area contributed by atoms with E-state index in [4.69, 9.17) is 11.6 Å². The molecule has 0 radical (unpaired) electrons. The van der Waals surface area contributed by atoms with Crippen molar-refractivity contribution in [3.05, 3.63) is 34.9 Å². The van der Waals surface area contributed by atoms with Gasteiger partial charge in [0.15, 0.2) is 0 Å². The van der Waals surface area contributed by atoms with Crippen LogP contribution in [0, 0.1) is 5.92 Å². The molecule has 2 unspecified atom stereocenters. The van der Waals surface area contributed by atoms with Gasteiger partial charge in [0.2, 0.25) is 5.91 Å². The van der Waals surface area contributed by atoms with Gasteiger partial charge in [-0.25, -0.2) is 0 Å². The third-order valence-electron chi connectivity index (χ3n) is 4.32. The van der Waals surface area contributed by atoms with Crippen LogP contribution in [0.25, 0.3) is 0 Å². The molecule has 1 aliphatic rings. The highest BCUT2D eigenvalue weighted by Gasteiger charge is 2.26. The summed E-state index contributed by atoms with van der Waals surface area (Å²) in [6.45, 7) is 9.32. The van der Waals surface area contributed by atoms with Crippen LogP contribution in [0.3, 0.4) is 0 Å². The van der Waals surface area contributed by atoms with E-state index in [1.807, 2.05) is 18.2 Å². The molecule has 2 rings (SSSR count). The summed E-state index contributed by atoms with van der Waals surface area (Å²) in [5.74, 6) is 0.533. The van der Waals surface area contributed by atoms with Gasteiger partial charge in [0, 0.05) is 36.7 Å². The van der Waals surface area contributed by atoms with Crippen LogP contribution >= 0.6 is 11.6 Å². The zero-order valence-corrected chi connectivity index (χ0v) is 14.4. The summed E-state index contributed by atoms with van der Waals surface area (Å²) in [5, 5.41) is 7.22. The summed E-state index contributed by atoms with van der Waals surface area (Å²) in [7, 11) is 0. The van der Waals surface area contributed by atoms with Crippen LogP contribution in [0.15, 0.2) is 24.3 Å². The summed E-state index contributed by atoms with van der Waals surface area (Å²) in [5.41, 5.74) is 1.16. The van der Waals surface area contributed by atoms with Crippen LogP contribution in [0.1, 0.15) is 32.4 Å². The molecule has 4 nitrogen and oxygen atoms in total. The van der Waals surface area contributed by atoms with E-state index in [0.717, 1.165) is 30.2 Å². The van der Waals surface area contributed by atoms with Crippen molar-refractivity contribution in [1.82, 2.24) is 15.5 Å². The number of amides is 1. The number of hydrogen-bond donors (Lipinski definition) is 2. The van der Waals surface area contributed by atoms with E-state index in [1.54, 1.807) is 0 Å². The van der Waals surface area contributed by atoms with Crippen molar-refractivity contribution < 1.29 is 4.79 Å². The van der Waals surface area contributed by atoms with E-state index in [9.17, 15) is 4.79 Å². The average Bonchev–Trinajstić information content (AvgIpc) is 2.47. The standard InChI is InChI=1S/C17H26ClN3O/c1-12(2)13(3)20-17(22)11-21-8-7-19-10-16(21)14-5-4-6-15(18)9-14/h4-6,9,12-13,16,19H,7-8,10-11H2,1-3H3,(H,20,22). The van der Waals surface area contributed by atoms with E-state index in [-0.39, 0.29) is 18.0 Å². The fraction of sp³-hybridized carbons (Fsp3) is 0.588. The average molecular weight is 324 g/mol. The topological polar surface area (TPSA) is 44.4 Å². The number of piperazine rings is 1. The second-order valence-corrected chi connectivity index (χ2v) is 6.78. The first-order chi connectivity index (χ1) is 10.5. The molecule has 1 aromatic carbocycles. The molecule has 0 aromatic heterocycles. The Hall–Kier alpha value is -1.10. The van der Waals surface area contributed by atoms with Crippen molar-refractivity contribution in [1.29, 1.82) is 0 Å². The smallest absolute Gasteiger partial charge is 0.234 e. The van der Waals surface area contributed by atoms with Crippen LogP contribution in [0.2, 0.25) is 5.02 Å². The maximum absolute atomic E-state index is 12.3. The molecular formula is C17H26ClN3O. The molecule has 22 heavy (non-hydrogen) atoms. The molecule has 5 heteroatoms. The maximum atomic E-state index is 12.3. The third kappa shape index (κ3) is 4.70. The van der Waals surface area contributed by atoms with Gasteiger partial charge in [-0.2, -0.15) is 0 Å². The highest BCUT2D eigenvalue weighted by Crippen LogP contribution is 2.24. The van der Waals surface area contributed by atoms with Crippen LogP contribution in [-0.2, 0) is 4.79 Å². The minimum Gasteiger partial charge on any atom is -0.352 e. The molecule has 2 N–H and O–H groups in total. The normalized spacial score (nSPS) is 20.9. The van der Waals surface area contributed by atoms with Gasteiger partial charge in [-0.05, 0) is 30.5 Å². The summed E-state index contributed by atoms with van der Waals surface area (Å²) in [6, 6.07) is 8.28. The lowest BCUT2D eigenvalue weighted by Crippen LogP contribution is -2.50. The molecule has 1 amide bonds. The molecule has 1 fully saturated rings. The molecule has 1 saturated heterocycles. The Bertz CT molecular complexity index is 506. The van der Waals surface area contributed by atoms with Crippen LogP contribution < -0.4 is 10.6 Å². The molecule has 2 atom stereocenters. The number of nitrogens with one attached hydrogen (secondary N) is 2. The molecule has 1 aliphatic heterocycles. The van der Waals surface area contributed by atoms with Crippen molar-refractivity contribution in [2.45, 2.75) is 32.9 Å². The second kappa shape index (κ2) is 7.95. The monoisotopic (exact) mass is 323 g/mol. The van der Waals surface area contributed by atoms with Crippen molar-refractivity contribution >= 4 is 17.5 Å². The fourth-order valence-electron chi connectivity index (χ4n) is 2.63. The number of benzene rings is 1. The lowest BCUT2D eigenvalue weighted by molar-refractivity contribution is -0.123. The first-order valence-corrected chi connectivity index (χ1v) is 8.34. The van der Waals surface area contributed by atoms with Gasteiger partial charge in [-0.1, -0.05) is 37.6 Å². The van der Waals surface area contributed by atoms with Gasteiger partial charge in [-0.15, -0.1) is 0 Å². The predicted molar refractivity (Wildman–Crippen MR) is 91.1 cm³/mol. The maximum Gasteiger partial charge on any atom is 0.234 e. The van der Waals surface area contributed by atoms with Gasteiger partial charge >= 0.3 is 0 Å². The van der Waals surface area contributed by atoms with E-state index >= 15 is 0 Å². The lowest BCUT2D eigenvalue weighted by Gasteiger charge is -2.36. The van der Waals surface area contributed by atoms with Crippen molar-refractivity contribution in [2.75, 3.05) is 26.2 Å². The molecule has 1 heterocycles. The zero-order valence-electron chi connectivity index (χ0n) is 13.6. The Balaban J connectivity index is 2.02. The Labute approximate surface area is 138 Å². The van der Waals surface area contributed by atoms with Gasteiger partial charge in [0.1, 0.15) is 0 Å². The first kappa shape index (κ1) is 17.3. The number of hydrogen-bond acceptors (Lipinski definition) is 3. The SMILES string of the molecule is CC(C)C(C)NC(=O)CN1CCNCC1c1cccc(Cl)c1. The summed E-state index contributed by atoms with van der Waals surface area (Å²) in [4.78, 5) is 14.5. The Morgan fingerprint density at radius 2 is 2.23 bits per heavy atom. The number of carbonyl (C=O) groups excluding carboxylic acids is 1. The molecule has 0 saturated carbocycles. The number of carbonyl (C=O) groups is 1. The summed E-state index contributed by atoms with van der Waals surface area (Å²) < 4.78 is 0. The number of rotatable bonds is 5. The van der Waals surface area contributed by atoms with Crippen molar-refractivity contribution in [3.8, 4) is 0 Å². The largest absolute Gasteiger partial charge is 0.352 e. The highest BCUT2D eigenvalue weighted by molar-refractivity contribution is 6.30. The Morgan fingerprint density at radius 1 is 1.45 bits per heavy atom. The van der Waals surface area contributed by atoms with E-state index in [2.05, 4.69) is 42.4 Å². The van der Waals surface area contributed by atoms with Gasteiger partial charge in [0.25, 0.3) is 0 Å². The Kier molecular flexibility index (Phi) is 6.24. The fourth-order valence-corrected chi connectivity index (χ4v) is 2.83. The van der Waals surface area contributed by atoms with Crippen LogP contribution in [0.4, 0.5) is 0 Å². The van der Waals surface area contributed by atoms with E-state index in [1.165, 1.54) is 0 Å². The quantitative estimate of drug-likeness (QED) is 0.875. The second-order valence-electron chi connectivity index (χ2n) is 6.35. The number of halogens is 1. The Morgan fingerprint density at radius 3 is 2.91 bits per heavy atom. The van der Waals surface area contributed by atoms with Crippen molar-refractivity contribution in [2.24, 2.45) is 5.92 Å². The number of nitrogens with zero attached hydrogens (tertiary/aromatic N) is 1. The molecule has 122 valence electrons. The van der Waals surface area contributed by atoms with Crippen LogP contribution in [0.5, 0.6) is 0 Å². The summed E-state index contributed by atoms with van der Waals surface area (Å²) >= 11 is 6.10. The molecule has 0 spiro atoms. The molecule has 1 aromatic rings. The highest BCUT2D eigenvalue weighted by atomic mass is 35.5. The zero-order chi connectivity index (χ0) is 16.1. The molecule has 0 bridgehead atoms. The minimum absolute atomic E-state index is 0.0927. The van der Waals surface area contributed by atoms with E-state index in [0.29, 0.717) is 12.5 Å². The molecular weight excluding hydrogens is 298 g/mol. The predicted octanol–water partition coefficient (Wildman–Crippen LogP) is 2.45. The first-order valence-electron chi connectivity index (χ1n) is 7.97. The van der Waals surface area contributed by atoms with Gasteiger partial charge in [-0.3, -0.25) is 9.69 Å². The van der Waals surface area contributed by atoms with Crippen molar-refractivity contribution in [3.63, 3.8) is 0 Å². The summed E-state index contributed by atoms with van der Waals surface area (Å²) in [6.07, 6.45) is 0. The van der Waals surface area contributed by atoms with Crippen LogP contribution in [-0.4, -0.2) is 43.0 Å². The molecule has 0 aliphatic carbocycles.